The van der Waals surface area contributed by atoms with Gasteiger partial charge in [-0.2, -0.15) is 0 Å². The summed E-state index contributed by atoms with van der Waals surface area (Å²) >= 11 is 0. The van der Waals surface area contributed by atoms with Gasteiger partial charge < -0.3 is 47.7 Å². The summed E-state index contributed by atoms with van der Waals surface area (Å²) in [5.41, 5.74) is 1.07. The van der Waals surface area contributed by atoms with Crippen molar-refractivity contribution >= 4 is 0 Å². The summed E-state index contributed by atoms with van der Waals surface area (Å²) in [6.45, 7) is 2.74. The first-order chi connectivity index (χ1) is 22.0. The van der Waals surface area contributed by atoms with E-state index in [4.69, 9.17) is 42.6 Å². The Hall–Kier alpha value is -3.86. The van der Waals surface area contributed by atoms with Crippen LogP contribution in [0.5, 0.6) is 40.2 Å². The lowest BCUT2D eigenvalue weighted by Gasteiger charge is -2.35. The summed E-state index contributed by atoms with van der Waals surface area (Å²) in [4.78, 5) is 0. The Kier molecular flexibility index (Phi) is 8.05. The number of fused-ring (bicyclic) bond motifs is 3. The summed E-state index contributed by atoms with van der Waals surface area (Å²) in [5.74, 6) is 4.00. The molecule has 3 aromatic carbocycles. The fraction of sp³-hybridized carbons (Fsp3) is 0.486. The van der Waals surface area contributed by atoms with Gasteiger partial charge in [0, 0.05) is 23.1 Å². The summed E-state index contributed by atoms with van der Waals surface area (Å²) in [6.07, 6.45) is 2.27. The third-order valence-corrected chi connectivity index (χ3v) is 9.42. The molecule has 10 heteroatoms. The van der Waals surface area contributed by atoms with E-state index in [1.54, 1.807) is 21.3 Å². The second kappa shape index (κ2) is 12.2. The minimum absolute atomic E-state index is 0.0671. The van der Waals surface area contributed by atoms with Crippen LogP contribution in [0, 0.1) is 5.92 Å². The van der Waals surface area contributed by atoms with Crippen LogP contribution in [0.25, 0.3) is 0 Å². The largest absolute Gasteiger partial charge is 0.496 e. The molecule has 1 N–H and O–H groups in total. The lowest BCUT2D eigenvalue weighted by Crippen LogP contribution is -2.39. The molecule has 0 unspecified atom stereocenters. The van der Waals surface area contributed by atoms with Gasteiger partial charge in [0.15, 0.2) is 29.1 Å². The summed E-state index contributed by atoms with van der Waals surface area (Å²) < 4.78 is 54.4. The molecule has 4 aliphatic heterocycles. The summed E-state index contributed by atoms with van der Waals surface area (Å²) in [5, 5.41) is 12.1. The van der Waals surface area contributed by atoms with E-state index in [-0.39, 0.29) is 38.1 Å². The van der Waals surface area contributed by atoms with Gasteiger partial charge in [0.05, 0.1) is 46.2 Å². The molecular weight excluding hydrogens is 580 g/mol. The lowest BCUT2D eigenvalue weighted by atomic mass is 9.80. The molecule has 2 saturated heterocycles. The highest BCUT2D eigenvalue weighted by Gasteiger charge is 2.61. The topological polar surface area (TPSA) is 103 Å². The highest BCUT2D eigenvalue weighted by Crippen LogP contribution is 2.58. The molecule has 0 amide bonds. The van der Waals surface area contributed by atoms with E-state index in [1.807, 2.05) is 48.5 Å². The Morgan fingerprint density at radius 1 is 0.800 bits per heavy atom. The molecule has 0 saturated carbocycles. The van der Waals surface area contributed by atoms with Crippen LogP contribution in [0.2, 0.25) is 0 Å². The minimum atomic E-state index is -1.32. The van der Waals surface area contributed by atoms with E-state index in [0.29, 0.717) is 40.1 Å². The molecule has 0 spiro atoms. The van der Waals surface area contributed by atoms with Gasteiger partial charge in [0.1, 0.15) is 35.1 Å². The van der Waals surface area contributed by atoms with Crippen LogP contribution in [0.15, 0.2) is 48.5 Å². The highest BCUT2D eigenvalue weighted by molar-refractivity contribution is 5.55. The first-order valence-corrected chi connectivity index (χ1v) is 15.6. The van der Waals surface area contributed by atoms with Crippen molar-refractivity contribution in [1.82, 2.24) is 0 Å². The molecule has 240 valence electrons. The first-order valence-electron chi connectivity index (χ1n) is 15.6. The Morgan fingerprint density at radius 2 is 1.56 bits per heavy atom. The van der Waals surface area contributed by atoms with E-state index in [0.717, 1.165) is 42.6 Å². The molecule has 4 aliphatic rings. The van der Waals surface area contributed by atoms with Crippen molar-refractivity contribution in [2.45, 2.75) is 62.6 Å². The van der Waals surface area contributed by atoms with E-state index >= 15 is 0 Å². The van der Waals surface area contributed by atoms with Crippen molar-refractivity contribution in [3.63, 3.8) is 0 Å². The van der Waals surface area contributed by atoms with E-state index < -0.39 is 17.8 Å². The van der Waals surface area contributed by atoms with E-state index in [2.05, 4.69) is 6.92 Å². The van der Waals surface area contributed by atoms with E-state index in [9.17, 15) is 5.11 Å². The van der Waals surface area contributed by atoms with Crippen LogP contribution in [0.1, 0.15) is 67.6 Å². The predicted molar refractivity (Wildman–Crippen MR) is 163 cm³/mol. The van der Waals surface area contributed by atoms with Gasteiger partial charge in [-0.05, 0) is 43.2 Å². The van der Waals surface area contributed by atoms with Crippen LogP contribution in [0.3, 0.4) is 0 Å². The van der Waals surface area contributed by atoms with Gasteiger partial charge in [-0.1, -0.05) is 31.9 Å². The average molecular weight is 621 g/mol. The maximum atomic E-state index is 12.1. The van der Waals surface area contributed by atoms with Crippen molar-refractivity contribution in [2.24, 2.45) is 5.92 Å². The summed E-state index contributed by atoms with van der Waals surface area (Å²) in [6, 6.07) is 15.2. The molecule has 0 bridgehead atoms. The van der Waals surface area contributed by atoms with Crippen molar-refractivity contribution in [3.8, 4) is 40.2 Å². The fourth-order valence-electron chi connectivity index (χ4n) is 7.09. The van der Waals surface area contributed by atoms with Crippen LogP contribution in [-0.4, -0.2) is 58.1 Å². The molecular formula is C35H40O10. The average Bonchev–Trinajstić information content (AvgIpc) is 3.76. The van der Waals surface area contributed by atoms with Crippen LogP contribution in [0.4, 0.5) is 0 Å². The Balaban J connectivity index is 1.20. The van der Waals surface area contributed by atoms with Crippen molar-refractivity contribution < 1.29 is 47.7 Å². The zero-order valence-corrected chi connectivity index (χ0v) is 26.1. The van der Waals surface area contributed by atoms with Gasteiger partial charge in [-0.3, -0.25) is 0 Å². The molecule has 7 rings (SSSR count). The maximum Gasteiger partial charge on any atom is 0.231 e. The standard InChI is InChI=1S/C35H40O10/c1-5-6-7-9-26-32(20-12-13-23-28(14-20)43-19-42-23)45-30-16-27(39-4)21(15-29(30)44-26)33-22-17-40-34(35(22,36)18-41-33)31-24(37-2)10-8-11-25(31)38-3/h8,10-16,22,26,32-34,36H,5-7,9,17-19H2,1-4H3/t22-,26-,32-,33-,34-,35-/m0/s1. The number of rotatable bonds is 10. The first kappa shape index (κ1) is 29.8. The number of hydrogen-bond acceptors (Lipinski definition) is 10. The number of hydrogen-bond donors (Lipinski definition) is 1. The minimum Gasteiger partial charge on any atom is -0.496 e. The van der Waals surface area contributed by atoms with Crippen molar-refractivity contribution in [1.29, 1.82) is 0 Å². The zero-order valence-electron chi connectivity index (χ0n) is 26.1. The van der Waals surface area contributed by atoms with Gasteiger partial charge in [0.2, 0.25) is 6.79 Å². The van der Waals surface area contributed by atoms with Gasteiger partial charge >= 0.3 is 0 Å². The summed E-state index contributed by atoms with van der Waals surface area (Å²) in [7, 11) is 4.80. The smallest absolute Gasteiger partial charge is 0.231 e. The molecule has 0 aromatic heterocycles. The van der Waals surface area contributed by atoms with Crippen molar-refractivity contribution in [3.05, 3.63) is 65.2 Å². The number of unbranched alkanes of at least 4 members (excludes halogenated alkanes) is 2. The Labute approximate surface area is 263 Å². The Morgan fingerprint density at radius 3 is 2.31 bits per heavy atom. The molecule has 3 aromatic rings. The lowest BCUT2D eigenvalue weighted by molar-refractivity contribution is -0.0643. The van der Waals surface area contributed by atoms with Gasteiger partial charge in [0.25, 0.3) is 0 Å². The molecule has 2 fully saturated rings. The van der Waals surface area contributed by atoms with Crippen LogP contribution < -0.4 is 33.2 Å². The highest BCUT2D eigenvalue weighted by atomic mass is 16.7. The van der Waals surface area contributed by atoms with Crippen LogP contribution in [-0.2, 0) is 9.47 Å². The molecule has 10 nitrogen and oxygen atoms in total. The predicted octanol–water partition coefficient (Wildman–Crippen LogP) is 6.09. The second-order valence-corrected chi connectivity index (χ2v) is 12.0. The zero-order chi connectivity index (χ0) is 31.1. The second-order valence-electron chi connectivity index (χ2n) is 12.0. The Bertz CT molecular complexity index is 1520. The third-order valence-electron chi connectivity index (χ3n) is 9.42. The molecule has 6 atom stereocenters. The molecule has 4 heterocycles. The fourth-order valence-corrected chi connectivity index (χ4v) is 7.09. The molecule has 45 heavy (non-hydrogen) atoms. The number of aliphatic hydroxyl groups is 1. The van der Waals surface area contributed by atoms with Crippen LogP contribution >= 0.6 is 0 Å². The van der Waals surface area contributed by atoms with Crippen molar-refractivity contribution in [2.75, 3.05) is 41.3 Å². The normalized spacial score (nSPS) is 27.7. The third kappa shape index (κ3) is 5.09. The SMILES string of the molecule is CCCCC[C@@H]1Oc2cc([C@@H]3OC[C@@]4(O)[C@H](c5c(OC)cccc5OC)OC[C@@H]34)c(OC)cc2O[C@H]1c1ccc2c(c1)OCO2. The molecule has 0 aliphatic carbocycles. The van der Waals surface area contributed by atoms with Gasteiger partial charge in [-0.25, -0.2) is 0 Å². The number of ether oxygens (including phenoxy) is 9. The number of benzene rings is 3. The number of methoxy groups -OCH3 is 3. The monoisotopic (exact) mass is 620 g/mol. The maximum absolute atomic E-state index is 12.1. The quantitative estimate of drug-likeness (QED) is 0.268. The van der Waals surface area contributed by atoms with Gasteiger partial charge in [-0.15, -0.1) is 0 Å². The van der Waals surface area contributed by atoms with E-state index in [1.165, 1.54) is 0 Å². The molecule has 0 radical (unpaired) electrons.